The molecule has 0 aromatic heterocycles. The standard InChI is InChI=1S/Mo.Na.2H2O.O.H/h;;2*1H2;;/q;+1;;;;-1. The first kappa shape index (κ1) is 32.3. The first-order valence-electron chi connectivity index (χ1n) is 0.167. The Morgan fingerprint density at radius 3 is 1.20 bits per heavy atom. The van der Waals surface area contributed by atoms with Gasteiger partial charge in [0.25, 0.3) is 0 Å². The zero-order chi connectivity index (χ0) is 2.00. The number of rotatable bonds is 0. The van der Waals surface area contributed by atoms with Crippen molar-refractivity contribution in [3.8, 4) is 0 Å². The van der Waals surface area contributed by atoms with Gasteiger partial charge < -0.3 is 12.4 Å². The maximum atomic E-state index is 8.26. The van der Waals surface area contributed by atoms with Crippen LogP contribution in [0.3, 0.4) is 0 Å². The predicted molar refractivity (Wildman–Crippen MR) is 9.03 cm³/mol. The van der Waals surface area contributed by atoms with E-state index in [9.17, 15) is 0 Å². The molecule has 0 unspecified atom stereocenters. The van der Waals surface area contributed by atoms with E-state index in [1.807, 2.05) is 0 Å². The summed E-state index contributed by atoms with van der Waals surface area (Å²) in [6.45, 7) is 0. The van der Waals surface area contributed by atoms with Crippen LogP contribution in [0.2, 0.25) is 0 Å². The summed E-state index contributed by atoms with van der Waals surface area (Å²) >= 11 is 0.700. The molecular formula is H5MoNaO3. The van der Waals surface area contributed by atoms with Gasteiger partial charge >= 0.3 is 52.7 Å². The molecule has 4 N–H and O–H groups in total. The van der Waals surface area contributed by atoms with Crippen LogP contribution in [0.5, 0.6) is 0 Å². The van der Waals surface area contributed by atoms with Crippen molar-refractivity contribution in [3.05, 3.63) is 0 Å². The molecule has 0 aliphatic heterocycles. The van der Waals surface area contributed by atoms with Crippen LogP contribution >= 0.6 is 0 Å². The van der Waals surface area contributed by atoms with E-state index in [0.717, 1.165) is 0 Å². The van der Waals surface area contributed by atoms with Gasteiger partial charge in [-0.1, -0.05) is 0 Å². The Kier molecular flexibility index (Phi) is 343. The second-order valence-electron chi connectivity index (χ2n) is 0. The Balaban J connectivity index is -0.000000000833. The van der Waals surface area contributed by atoms with Gasteiger partial charge in [-0.15, -0.1) is 0 Å². The van der Waals surface area contributed by atoms with Gasteiger partial charge in [-0.2, -0.15) is 0 Å². The Morgan fingerprint density at radius 2 is 1.20 bits per heavy atom. The van der Waals surface area contributed by atoms with Crippen molar-refractivity contribution in [1.82, 2.24) is 0 Å². The normalized spacial score (nSPS) is 0.800. The summed E-state index contributed by atoms with van der Waals surface area (Å²) in [7, 11) is 0. The molecule has 5 heavy (non-hydrogen) atoms. The third-order valence-corrected chi connectivity index (χ3v) is 0. The quantitative estimate of drug-likeness (QED) is 0.338. The summed E-state index contributed by atoms with van der Waals surface area (Å²) in [5.41, 5.74) is 0. The number of hydrogen-bond acceptors (Lipinski definition) is 1. The molecule has 0 saturated carbocycles. The van der Waals surface area contributed by atoms with E-state index in [-0.39, 0.29) is 41.9 Å². The molecule has 0 heterocycles. The Hall–Kier alpha value is 1.41. The molecule has 0 amide bonds. The zero-order valence-corrected chi connectivity index (χ0v) is 6.82. The van der Waals surface area contributed by atoms with E-state index in [0.29, 0.717) is 19.8 Å². The molecule has 0 aliphatic carbocycles. The van der Waals surface area contributed by atoms with Crippen molar-refractivity contribution in [2.45, 2.75) is 0 Å². The SMILES string of the molecule is O.O.[H-].[Na+].[O]=[Mo]. The topological polar surface area (TPSA) is 80.1 Å². The van der Waals surface area contributed by atoms with Crippen LogP contribution < -0.4 is 29.6 Å². The predicted octanol–water partition coefficient (Wildman–Crippen LogP) is -4.65. The van der Waals surface area contributed by atoms with Crippen LogP contribution in [0.4, 0.5) is 0 Å². The van der Waals surface area contributed by atoms with Gasteiger partial charge in [-0.3, -0.25) is 0 Å². The molecule has 0 atom stereocenters. The van der Waals surface area contributed by atoms with Crippen LogP contribution in [0.15, 0.2) is 0 Å². The molecule has 0 aromatic rings. The second-order valence-corrected chi connectivity index (χ2v) is 0. The van der Waals surface area contributed by atoms with Gasteiger partial charge in [0.2, 0.25) is 0 Å². The minimum atomic E-state index is 0. The average Bonchev–Trinajstić information content (AvgIpc) is 1.00. The van der Waals surface area contributed by atoms with E-state index in [2.05, 4.69) is 0 Å². The van der Waals surface area contributed by atoms with E-state index in [1.54, 1.807) is 0 Å². The fourth-order valence-electron chi connectivity index (χ4n) is 0. The molecule has 0 bridgehead atoms. The summed E-state index contributed by atoms with van der Waals surface area (Å²) < 4.78 is 8.26. The first-order chi connectivity index (χ1) is 1.00. The zero-order valence-electron chi connectivity index (χ0n) is 3.82. The summed E-state index contributed by atoms with van der Waals surface area (Å²) in [5, 5.41) is 0. The van der Waals surface area contributed by atoms with E-state index >= 15 is 0 Å². The Morgan fingerprint density at radius 1 is 1.20 bits per heavy atom. The molecule has 0 rings (SSSR count). The van der Waals surface area contributed by atoms with Gasteiger partial charge in [0, 0.05) is 0 Å². The fraction of sp³-hybridized carbons (Fsp3) is 0. The van der Waals surface area contributed by atoms with E-state index in [4.69, 9.17) is 3.40 Å². The third-order valence-electron chi connectivity index (χ3n) is 0. The van der Waals surface area contributed by atoms with Crippen LogP contribution in [0, 0.1) is 0 Å². The molecular weight excluding hydrogens is 167 g/mol. The Bertz CT molecular complexity index is 10.8. The molecule has 0 aromatic carbocycles. The van der Waals surface area contributed by atoms with Gasteiger partial charge in [0.05, 0.1) is 0 Å². The molecule has 0 saturated heterocycles. The maximum absolute atomic E-state index is 8.26. The van der Waals surface area contributed by atoms with Crippen molar-refractivity contribution in [2.24, 2.45) is 0 Å². The van der Waals surface area contributed by atoms with Gasteiger partial charge in [0.15, 0.2) is 0 Å². The Labute approximate surface area is 64.7 Å². The monoisotopic (exact) mass is 174 g/mol. The van der Waals surface area contributed by atoms with Gasteiger partial charge in [-0.25, -0.2) is 0 Å². The molecule has 3 nitrogen and oxygen atoms in total. The van der Waals surface area contributed by atoms with Gasteiger partial charge in [0.1, 0.15) is 0 Å². The van der Waals surface area contributed by atoms with Crippen molar-refractivity contribution >= 4 is 0 Å². The molecule has 30 valence electrons. The molecule has 0 aliphatic rings. The van der Waals surface area contributed by atoms with Crippen LogP contribution in [-0.2, 0) is 23.2 Å². The number of hydrogen-bond donors (Lipinski definition) is 0. The van der Waals surface area contributed by atoms with E-state index in [1.165, 1.54) is 0 Å². The summed E-state index contributed by atoms with van der Waals surface area (Å²) in [6, 6.07) is 0. The second kappa shape index (κ2) is 53.0. The van der Waals surface area contributed by atoms with Crippen LogP contribution in [-0.4, -0.2) is 11.0 Å². The molecule has 0 spiro atoms. The third kappa shape index (κ3) is 31.7. The summed E-state index contributed by atoms with van der Waals surface area (Å²) in [5.74, 6) is 0. The fourth-order valence-corrected chi connectivity index (χ4v) is 0. The minimum absolute atomic E-state index is 0. The van der Waals surface area contributed by atoms with Crippen LogP contribution in [0.25, 0.3) is 0 Å². The van der Waals surface area contributed by atoms with Gasteiger partial charge in [-0.05, 0) is 0 Å². The van der Waals surface area contributed by atoms with E-state index < -0.39 is 0 Å². The van der Waals surface area contributed by atoms with Crippen molar-refractivity contribution in [1.29, 1.82) is 0 Å². The molecule has 5 heteroatoms. The molecule has 0 fully saturated rings. The van der Waals surface area contributed by atoms with Crippen LogP contribution in [0.1, 0.15) is 1.43 Å². The van der Waals surface area contributed by atoms with Crippen molar-refractivity contribution in [3.63, 3.8) is 0 Å². The summed E-state index contributed by atoms with van der Waals surface area (Å²) in [4.78, 5) is 0. The van der Waals surface area contributed by atoms with Crippen molar-refractivity contribution < 1.29 is 65.1 Å². The van der Waals surface area contributed by atoms with Crippen molar-refractivity contribution in [2.75, 3.05) is 0 Å². The average molecular weight is 172 g/mol. The first-order valence-corrected chi connectivity index (χ1v) is 0.986. The molecule has 0 radical (unpaired) electrons. The summed E-state index contributed by atoms with van der Waals surface area (Å²) in [6.07, 6.45) is 0.